The summed E-state index contributed by atoms with van der Waals surface area (Å²) < 4.78 is 0. The first-order chi connectivity index (χ1) is 7.63. The first-order valence-corrected chi connectivity index (χ1v) is 5.75. The van der Waals surface area contributed by atoms with Gasteiger partial charge in [0.2, 0.25) is 0 Å². The molecule has 0 unspecified atom stereocenters. The molecule has 0 fully saturated rings. The van der Waals surface area contributed by atoms with E-state index in [1.165, 1.54) is 11.3 Å². The molecule has 0 aliphatic carbocycles. The quantitative estimate of drug-likeness (QED) is 0.814. The third-order valence-corrected chi connectivity index (χ3v) is 3.02. The molecule has 1 heterocycles. The summed E-state index contributed by atoms with van der Waals surface area (Å²) in [6.07, 6.45) is 1.02. The number of hydrogen-bond acceptors (Lipinski definition) is 5. The fraction of sp³-hybridized carbons (Fsp3) is 0.500. The van der Waals surface area contributed by atoms with E-state index in [4.69, 9.17) is 10.4 Å². The molecule has 86 valence electrons. The third kappa shape index (κ3) is 3.87. The number of anilines is 1. The second kappa shape index (κ2) is 6.08. The standard InChI is InChI=1S/C10H13N3O2S/c1-13(6-2-5-11)10-12-8(7-16-10)3-4-9(14)15/h7H,2-4,6H2,1H3,(H,14,15). The number of nitrogens with zero attached hydrogens (tertiary/aromatic N) is 3. The van der Waals surface area contributed by atoms with Crippen molar-refractivity contribution in [2.45, 2.75) is 19.3 Å². The van der Waals surface area contributed by atoms with E-state index in [9.17, 15) is 4.79 Å². The van der Waals surface area contributed by atoms with Crippen LogP contribution in [0, 0.1) is 11.3 Å². The Bertz CT molecular complexity index is 397. The number of rotatable bonds is 6. The molecule has 0 bridgehead atoms. The molecule has 0 atom stereocenters. The Balaban J connectivity index is 2.50. The highest BCUT2D eigenvalue weighted by molar-refractivity contribution is 7.13. The zero-order valence-corrected chi connectivity index (χ0v) is 9.83. The number of aromatic nitrogens is 1. The number of thiazole rings is 1. The Labute approximate surface area is 98.0 Å². The van der Waals surface area contributed by atoms with Crippen molar-refractivity contribution < 1.29 is 9.90 Å². The minimum atomic E-state index is -0.813. The van der Waals surface area contributed by atoms with Gasteiger partial charge in [0.1, 0.15) is 0 Å². The van der Waals surface area contributed by atoms with Crippen LogP contribution in [-0.4, -0.2) is 29.7 Å². The van der Waals surface area contributed by atoms with Crippen LogP contribution in [-0.2, 0) is 11.2 Å². The van der Waals surface area contributed by atoms with Gasteiger partial charge in [0, 0.05) is 25.4 Å². The molecule has 5 nitrogen and oxygen atoms in total. The summed E-state index contributed by atoms with van der Waals surface area (Å²) in [5.74, 6) is -0.813. The van der Waals surface area contributed by atoms with E-state index in [1.54, 1.807) is 0 Å². The number of carboxylic acid groups (broad SMARTS) is 1. The number of carboxylic acids is 1. The fourth-order valence-electron chi connectivity index (χ4n) is 1.13. The van der Waals surface area contributed by atoms with Gasteiger partial charge >= 0.3 is 5.97 Å². The summed E-state index contributed by atoms with van der Waals surface area (Å²) in [5.41, 5.74) is 0.797. The molecule has 1 aromatic rings. The van der Waals surface area contributed by atoms with Gasteiger partial charge in [-0.1, -0.05) is 0 Å². The topological polar surface area (TPSA) is 77.2 Å². The van der Waals surface area contributed by atoms with Crippen LogP contribution in [0.1, 0.15) is 18.5 Å². The normalized spacial score (nSPS) is 9.75. The fourth-order valence-corrected chi connectivity index (χ4v) is 1.99. The lowest BCUT2D eigenvalue weighted by Gasteiger charge is -2.12. The predicted molar refractivity (Wildman–Crippen MR) is 61.6 cm³/mol. The van der Waals surface area contributed by atoms with E-state index in [1.807, 2.05) is 17.3 Å². The van der Waals surface area contributed by atoms with Crippen LogP contribution in [0.3, 0.4) is 0 Å². The molecular formula is C10H13N3O2S. The lowest BCUT2D eigenvalue weighted by atomic mass is 10.2. The molecule has 0 spiro atoms. The minimum Gasteiger partial charge on any atom is -0.481 e. The summed E-state index contributed by atoms with van der Waals surface area (Å²) in [6.45, 7) is 0.641. The second-order valence-electron chi connectivity index (χ2n) is 3.34. The summed E-state index contributed by atoms with van der Waals surface area (Å²) in [4.78, 5) is 16.6. The van der Waals surface area contributed by atoms with Gasteiger partial charge in [-0.2, -0.15) is 5.26 Å². The molecule has 16 heavy (non-hydrogen) atoms. The molecule has 0 radical (unpaired) electrons. The van der Waals surface area contributed by atoms with Crippen molar-refractivity contribution in [2.24, 2.45) is 0 Å². The summed E-state index contributed by atoms with van der Waals surface area (Å²) in [6, 6.07) is 2.07. The van der Waals surface area contributed by atoms with Crippen molar-refractivity contribution in [1.29, 1.82) is 5.26 Å². The zero-order chi connectivity index (χ0) is 12.0. The first kappa shape index (κ1) is 12.5. The minimum absolute atomic E-state index is 0.102. The van der Waals surface area contributed by atoms with E-state index in [-0.39, 0.29) is 6.42 Å². The zero-order valence-electron chi connectivity index (χ0n) is 9.01. The molecule has 0 amide bonds. The van der Waals surface area contributed by atoms with Crippen LogP contribution < -0.4 is 4.90 Å². The maximum absolute atomic E-state index is 10.4. The average Bonchev–Trinajstić information content (AvgIpc) is 2.71. The Hall–Kier alpha value is -1.61. The maximum atomic E-state index is 10.4. The van der Waals surface area contributed by atoms with Gasteiger partial charge in [-0.3, -0.25) is 4.79 Å². The summed E-state index contributed by atoms with van der Waals surface area (Å²) in [7, 11) is 1.87. The molecule has 1 aromatic heterocycles. The summed E-state index contributed by atoms with van der Waals surface area (Å²) in [5, 5.41) is 19.7. The van der Waals surface area contributed by atoms with E-state index in [0.29, 0.717) is 19.4 Å². The third-order valence-electron chi connectivity index (χ3n) is 2.02. The van der Waals surface area contributed by atoms with Crippen LogP contribution in [0.25, 0.3) is 0 Å². The molecule has 0 aliphatic rings. The number of aryl methyl sites for hydroxylation is 1. The Morgan fingerprint density at radius 1 is 1.75 bits per heavy atom. The van der Waals surface area contributed by atoms with Crippen molar-refractivity contribution in [3.05, 3.63) is 11.1 Å². The maximum Gasteiger partial charge on any atom is 0.303 e. The van der Waals surface area contributed by atoms with Crippen molar-refractivity contribution in [2.75, 3.05) is 18.5 Å². The molecule has 0 aromatic carbocycles. The molecule has 1 N–H and O–H groups in total. The molecule has 0 aliphatic heterocycles. The monoisotopic (exact) mass is 239 g/mol. The summed E-state index contributed by atoms with van der Waals surface area (Å²) >= 11 is 1.47. The van der Waals surface area contributed by atoms with Gasteiger partial charge in [-0.25, -0.2) is 4.98 Å². The average molecular weight is 239 g/mol. The predicted octanol–water partition coefficient (Wildman–Crippen LogP) is 1.51. The van der Waals surface area contributed by atoms with Crippen LogP contribution in [0.2, 0.25) is 0 Å². The number of nitriles is 1. The van der Waals surface area contributed by atoms with Gasteiger partial charge in [0.25, 0.3) is 0 Å². The van der Waals surface area contributed by atoms with Crippen molar-refractivity contribution in [1.82, 2.24) is 4.98 Å². The van der Waals surface area contributed by atoms with Crippen molar-refractivity contribution >= 4 is 22.4 Å². The Kier molecular flexibility index (Phi) is 4.73. The highest BCUT2D eigenvalue weighted by Gasteiger charge is 2.07. The van der Waals surface area contributed by atoms with E-state index >= 15 is 0 Å². The van der Waals surface area contributed by atoms with Crippen LogP contribution in [0.5, 0.6) is 0 Å². The van der Waals surface area contributed by atoms with Crippen LogP contribution in [0.15, 0.2) is 5.38 Å². The number of aliphatic carboxylic acids is 1. The SMILES string of the molecule is CN(CCC#N)c1nc(CCC(=O)O)cs1. The van der Waals surface area contributed by atoms with Gasteiger partial charge in [-0.15, -0.1) is 11.3 Å². The Morgan fingerprint density at radius 2 is 2.50 bits per heavy atom. The van der Waals surface area contributed by atoms with Gasteiger partial charge < -0.3 is 10.0 Å². The highest BCUT2D eigenvalue weighted by atomic mass is 32.1. The molecular weight excluding hydrogens is 226 g/mol. The van der Waals surface area contributed by atoms with Gasteiger partial charge in [0.05, 0.1) is 24.6 Å². The van der Waals surface area contributed by atoms with Crippen molar-refractivity contribution in [3.63, 3.8) is 0 Å². The second-order valence-corrected chi connectivity index (χ2v) is 4.18. The number of hydrogen-bond donors (Lipinski definition) is 1. The van der Waals surface area contributed by atoms with Crippen LogP contribution >= 0.6 is 11.3 Å². The van der Waals surface area contributed by atoms with Gasteiger partial charge in [0.15, 0.2) is 5.13 Å². The smallest absolute Gasteiger partial charge is 0.303 e. The van der Waals surface area contributed by atoms with E-state index < -0.39 is 5.97 Å². The lowest BCUT2D eigenvalue weighted by molar-refractivity contribution is -0.136. The first-order valence-electron chi connectivity index (χ1n) is 4.87. The molecule has 1 rings (SSSR count). The largest absolute Gasteiger partial charge is 0.481 e. The molecule has 0 saturated heterocycles. The van der Waals surface area contributed by atoms with E-state index in [2.05, 4.69) is 11.1 Å². The van der Waals surface area contributed by atoms with Crippen LogP contribution in [0.4, 0.5) is 5.13 Å². The Morgan fingerprint density at radius 3 is 3.12 bits per heavy atom. The number of carbonyl (C=O) groups is 1. The highest BCUT2D eigenvalue weighted by Crippen LogP contribution is 2.20. The molecule has 0 saturated carbocycles. The van der Waals surface area contributed by atoms with Crippen molar-refractivity contribution in [3.8, 4) is 6.07 Å². The lowest BCUT2D eigenvalue weighted by Crippen LogP contribution is -2.17. The van der Waals surface area contributed by atoms with E-state index in [0.717, 1.165) is 10.8 Å². The molecule has 6 heteroatoms. The van der Waals surface area contributed by atoms with Gasteiger partial charge in [-0.05, 0) is 0 Å².